The van der Waals surface area contributed by atoms with Gasteiger partial charge in [0.15, 0.2) is 0 Å². The van der Waals surface area contributed by atoms with Crippen LogP contribution in [0.25, 0.3) is 10.8 Å². The molecule has 7 heteroatoms. The molecule has 0 aromatic heterocycles. The quantitative estimate of drug-likeness (QED) is 0.413. The highest BCUT2D eigenvalue weighted by Gasteiger charge is 2.46. The summed E-state index contributed by atoms with van der Waals surface area (Å²) in [7, 11) is 1.62. The molecule has 0 unspecified atom stereocenters. The van der Waals surface area contributed by atoms with Crippen LogP contribution in [0.3, 0.4) is 0 Å². The van der Waals surface area contributed by atoms with E-state index in [9.17, 15) is 14.7 Å². The van der Waals surface area contributed by atoms with Crippen LogP contribution in [0, 0.1) is 0 Å². The summed E-state index contributed by atoms with van der Waals surface area (Å²) in [6.45, 7) is 3.94. The van der Waals surface area contributed by atoms with Crippen LogP contribution in [0.15, 0.2) is 43.0 Å². The largest absolute Gasteiger partial charge is 0.496 e. The molecule has 3 rings (SSSR count). The number of likely N-dealkylation sites (tertiary alicyclic amines) is 1. The Morgan fingerprint density at radius 1 is 1.41 bits per heavy atom. The van der Waals surface area contributed by atoms with Crippen molar-refractivity contribution in [2.24, 2.45) is 0 Å². The molecular weight excluding hydrogens is 390 g/mol. The summed E-state index contributed by atoms with van der Waals surface area (Å²) >= 11 is 4.02. The number of ether oxygens (including phenoxy) is 2. The molecule has 2 atom stereocenters. The van der Waals surface area contributed by atoms with Gasteiger partial charge >= 0.3 is 6.09 Å². The van der Waals surface area contributed by atoms with Crippen molar-refractivity contribution in [1.82, 2.24) is 4.90 Å². The summed E-state index contributed by atoms with van der Waals surface area (Å²) in [4.78, 5) is 25.1. The van der Waals surface area contributed by atoms with Gasteiger partial charge in [-0.1, -0.05) is 24.3 Å². The first-order chi connectivity index (χ1) is 14.0. The minimum atomic E-state index is -1.35. The molecule has 1 fully saturated rings. The molecule has 154 valence electrons. The van der Waals surface area contributed by atoms with Crippen LogP contribution >= 0.6 is 12.6 Å². The fourth-order valence-electron chi connectivity index (χ4n) is 3.86. The lowest BCUT2D eigenvalue weighted by Crippen LogP contribution is -2.38. The Morgan fingerprint density at radius 3 is 2.83 bits per heavy atom. The van der Waals surface area contributed by atoms with Crippen LogP contribution in [0.2, 0.25) is 0 Å². The van der Waals surface area contributed by atoms with Gasteiger partial charge in [-0.3, -0.25) is 4.90 Å². The Morgan fingerprint density at radius 2 is 2.17 bits per heavy atom. The molecule has 29 heavy (non-hydrogen) atoms. The number of benzene rings is 2. The number of rotatable bonds is 7. The third-order valence-corrected chi connectivity index (χ3v) is 5.47. The van der Waals surface area contributed by atoms with E-state index in [-0.39, 0.29) is 19.6 Å². The first kappa shape index (κ1) is 21.2. The van der Waals surface area contributed by atoms with E-state index in [1.807, 2.05) is 30.3 Å². The fraction of sp³-hybridized carbons (Fsp3) is 0.364. The number of carbonyl (C=O) groups excluding carboxylic acids is 2. The Labute approximate surface area is 175 Å². The number of methoxy groups -OCH3 is 1. The molecule has 1 N–H and O–H groups in total. The van der Waals surface area contributed by atoms with Gasteiger partial charge in [0.05, 0.1) is 19.7 Å². The molecule has 6 nitrogen and oxygen atoms in total. The Kier molecular flexibility index (Phi) is 6.49. The van der Waals surface area contributed by atoms with Gasteiger partial charge in [-0.05, 0) is 34.9 Å². The predicted octanol–water partition coefficient (Wildman–Crippen LogP) is 3.10. The number of aliphatic hydroxyl groups is 1. The Bertz CT molecular complexity index is 931. The Hall–Kier alpha value is -2.51. The minimum Gasteiger partial charge on any atom is -0.496 e. The lowest BCUT2D eigenvalue weighted by Gasteiger charge is -2.24. The maximum atomic E-state index is 12.3. The average Bonchev–Trinajstić information content (AvgIpc) is 3.10. The van der Waals surface area contributed by atoms with Crippen molar-refractivity contribution in [3.05, 3.63) is 54.1 Å². The molecule has 1 aliphatic heterocycles. The van der Waals surface area contributed by atoms with Crippen molar-refractivity contribution in [2.75, 3.05) is 26.0 Å². The second-order valence-electron chi connectivity index (χ2n) is 7.08. The standard InChI is InChI=1S/C22H25NO5S/c1-3-4-18-19-11-16(7-5-15(19)6-8-20(18)27-2)22(26)12-17(13-24)23(14-22)21(25)28-9-10-29/h3,5-8,11,13,17,26,29H,1,4,9-10,12,14H2,2H3/t17-,22-/m0/s1. The zero-order chi connectivity index (χ0) is 21.0. The van der Waals surface area contributed by atoms with E-state index in [1.165, 1.54) is 4.90 Å². The smallest absolute Gasteiger partial charge is 0.410 e. The van der Waals surface area contributed by atoms with Gasteiger partial charge in [-0.15, -0.1) is 6.58 Å². The molecule has 1 amide bonds. The number of fused-ring (bicyclic) bond motifs is 1. The number of nitrogens with zero attached hydrogens (tertiary/aromatic N) is 1. The van der Waals surface area contributed by atoms with Gasteiger partial charge in [0, 0.05) is 17.7 Å². The van der Waals surface area contributed by atoms with Crippen LogP contribution in [0.1, 0.15) is 17.5 Å². The summed E-state index contributed by atoms with van der Waals surface area (Å²) < 4.78 is 10.6. The van der Waals surface area contributed by atoms with Crippen molar-refractivity contribution >= 4 is 35.8 Å². The molecule has 0 radical (unpaired) electrons. The normalized spacial score (nSPS) is 21.2. The second kappa shape index (κ2) is 8.88. The average molecular weight is 416 g/mol. The molecular formula is C22H25NO5S. The molecule has 0 aliphatic carbocycles. The number of amides is 1. The third-order valence-electron chi connectivity index (χ3n) is 5.28. The van der Waals surface area contributed by atoms with E-state index in [2.05, 4.69) is 19.2 Å². The summed E-state index contributed by atoms with van der Waals surface area (Å²) in [5.41, 5.74) is 0.259. The highest BCUT2D eigenvalue weighted by atomic mass is 32.1. The number of aldehydes is 1. The molecule has 1 saturated heterocycles. The topological polar surface area (TPSA) is 76.1 Å². The van der Waals surface area contributed by atoms with Crippen molar-refractivity contribution < 1.29 is 24.2 Å². The molecule has 0 bridgehead atoms. The van der Waals surface area contributed by atoms with Crippen molar-refractivity contribution in [3.8, 4) is 5.75 Å². The van der Waals surface area contributed by atoms with E-state index in [1.54, 1.807) is 13.2 Å². The van der Waals surface area contributed by atoms with Gasteiger partial charge in [0.1, 0.15) is 24.2 Å². The fourth-order valence-corrected chi connectivity index (χ4v) is 3.95. The van der Waals surface area contributed by atoms with E-state index >= 15 is 0 Å². The van der Waals surface area contributed by atoms with E-state index in [0.717, 1.165) is 22.1 Å². The maximum Gasteiger partial charge on any atom is 0.410 e. The van der Waals surface area contributed by atoms with Crippen LogP contribution in [0.5, 0.6) is 5.75 Å². The summed E-state index contributed by atoms with van der Waals surface area (Å²) in [6.07, 6.45) is 2.57. The Balaban J connectivity index is 2.00. The van der Waals surface area contributed by atoms with E-state index in [4.69, 9.17) is 9.47 Å². The molecule has 1 heterocycles. The van der Waals surface area contributed by atoms with Crippen LogP contribution in [-0.2, 0) is 21.6 Å². The van der Waals surface area contributed by atoms with Crippen LogP contribution in [0.4, 0.5) is 4.79 Å². The van der Waals surface area contributed by atoms with E-state index < -0.39 is 17.7 Å². The molecule has 2 aromatic carbocycles. The van der Waals surface area contributed by atoms with Gasteiger partial charge in [-0.2, -0.15) is 12.6 Å². The lowest BCUT2D eigenvalue weighted by atomic mass is 9.88. The van der Waals surface area contributed by atoms with Crippen LogP contribution < -0.4 is 4.74 Å². The predicted molar refractivity (Wildman–Crippen MR) is 115 cm³/mol. The van der Waals surface area contributed by atoms with E-state index in [0.29, 0.717) is 24.0 Å². The number of carbonyl (C=O) groups is 2. The summed E-state index contributed by atoms with van der Waals surface area (Å²) in [5.74, 6) is 1.13. The molecule has 1 aliphatic rings. The zero-order valence-corrected chi connectivity index (χ0v) is 17.2. The minimum absolute atomic E-state index is 0.0198. The molecule has 2 aromatic rings. The lowest BCUT2D eigenvalue weighted by molar-refractivity contribution is -0.111. The number of hydrogen-bond donors (Lipinski definition) is 2. The number of thiol groups is 1. The van der Waals surface area contributed by atoms with Gasteiger partial charge in [0.25, 0.3) is 0 Å². The summed E-state index contributed by atoms with van der Waals surface area (Å²) in [6, 6.07) is 8.77. The highest BCUT2D eigenvalue weighted by molar-refractivity contribution is 7.80. The molecule has 0 saturated carbocycles. The third kappa shape index (κ3) is 4.11. The van der Waals surface area contributed by atoms with Crippen molar-refractivity contribution in [1.29, 1.82) is 0 Å². The first-order valence-electron chi connectivity index (χ1n) is 9.40. The van der Waals surface area contributed by atoms with Crippen molar-refractivity contribution in [3.63, 3.8) is 0 Å². The number of β-amino-alcohol motifs (C(OH)–C–C–N with tert-alkyl or cyclic N) is 1. The van der Waals surface area contributed by atoms with Gasteiger partial charge in [0.2, 0.25) is 0 Å². The summed E-state index contributed by atoms with van der Waals surface area (Å²) in [5, 5.41) is 13.3. The zero-order valence-electron chi connectivity index (χ0n) is 16.3. The SMILES string of the molecule is C=CCc1c(OC)ccc2ccc([C@]3(O)C[C@@H](C=O)N(C(=O)OCCS)C3)cc12. The maximum absolute atomic E-state index is 12.3. The number of hydrogen-bond acceptors (Lipinski definition) is 6. The molecule has 0 spiro atoms. The van der Waals surface area contributed by atoms with Crippen molar-refractivity contribution in [2.45, 2.75) is 24.5 Å². The number of allylic oxidation sites excluding steroid dienone is 1. The van der Waals surface area contributed by atoms with Gasteiger partial charge < -0.3 is 19.4 Å². The second-order valence-corrected chi connectivity index (χ2v) is 7.53. The van der Waals surface area contributed by atoms with Crippen LogP contribution in [-0.4, -0.2) is 54.4 Å². The first-order valence-corrected chi connectivity index (χ1v) is 10.0. The monoisotopic (exact) mass is 415 g/mol. The van der Waals surface area contributed by atoms with Gasteiger partial charge in [-0.25, -0.2) is 4.79 Å². The highest BCUT2D eigenvalue weighted by Crippen LogP contribution is 2.38.